The van der Waals surface area contributed by atoms with Gasteiger partial charge in [0, 0.05) is 23.0 Å². The highest BCUT2D eigenvalue weighted by Gasteiger charge is 2.46. The van der Waals surface area contributed by atoms with Crippen molar-refractivity contribution in [3.8, 4) is 23.5 Å². The Morgan fingerprint density at radius 3 is 2.76 bits per heavy atom. The number of methoxy groups -OCH3 is 1. The summed E-state index contributed by atoms with van der Waals surface area (Å²) < 4.78 is 8.58. The van der Waals surface area contributed by atoms with Crippen molar-refractivity contribution in [2.45, 2.75) is 32.0 Å². The molecule has 5 rings (SSSR count). The maximum Gasteiger partial charge on any atom is 0.323 e. The molecule has 0 spiro atoms. The summed E-state index contributed by atoms with van der Waals surface area (Å²) in [7, 11) is 1.53. The summed E-state index contributed by atoms with van der Waals surface area (Å²) in [5, 5.41) is 16.9. The van der Waals surface area contributed by atoms with Gasteiger partial charge >= 0.3 is 6.03 Å². The van der Waals surface area contributed by atoms with Crippen LogP contribution >= 0.6 is 0 Å². The first-order chi connectivity index (χ1) is 16.3. The lowest BCUT2D eigenvalue weighted by Gasteiger charge is -2.20. The van der Waals surface area contributed by atoms with Gasteiger partial charge in [0.05, 0.1) is 20.0 Å². The number of carbonyl (C=O) groups excluding carboxylic acids is 2. The lowest BCUT2D eigenvalue weighted by Crippen LogP contribution is -2.49. The van der Waals surface area contributed by atoms with Crippen LogP contribution in [0.15, 0.2) is 37.1 Å². The molecule has 4 heterocycles. The molecule has 1 saturated heterocycles. The lowest BCUT2D eigenvalue weighted by atomic mass is 10.0. The molecule has 11 heteroatoms. The van der Waals surface area contributed by atoms with Gasteiger partial charge in [-0.25, -0.2) is 19.7 Å². The van der Waals surface area contributed by atoms with E-state index in [0.717, 1.165) is 5.39 Å². The van der Waals surface area contributed by atoms with E-state index in [1.54, 1.807) is 30.7 Å². The van der Waals surface area contributed by atoms with Crippen LogP contribution in [-0.4, -0.2) is 53.8 Å². The number of imide groups is 1. The summed E-state index contributed by atoms with van der Waals surface area (Å²) >= 11 is 0. The van der Waals surface area contributed by atoms with E-state index in [0.29, 0.717) is 28.0 Å². The number of aromatic hydroxyl groups is 1. The zero-order chi connectivity index (χ0) is 24.0. The number of benzene rings is 1. The highest BCUT2D eigenvalue weighted by atomic mass is 16.5. The van der Waals surface area contributed by atoms with Crippen LogP contribution in [0.2, 0.25) is 0 Å². The third kappa shape index (κ3) is 3.36. The SMILES string of the molecule is COc1ccc2cn(C[C@@]3(C#Cc4ncnc5c4ncn5C(C)C)NC(=O)NC3=O)c(O)c2c1. The Hall–Kier alpha value is -4.59. The first-order valence-electron chi connectivity index (χ1n) is 10.5. The topological polar surface area (TPSA) is 136 Å². The molecule has 1 aliphatic rings. The number of amides is 3. The molecule has 0 aliphatic carbocycles. The van der Waals surface area contributed by atoms with Crippen molar-refractivity contribution in [1.29, 1.82) is 0 Å². The Morgan fingerprint density at radius 2 is 2.06 bits per heavy atom. The molecule has 1 aliphatic heterocycles. The second-order valence-corrected chi connectivity index (χ2v) is 8.24. The minimum Gasteiger partial charge on any atom is -0.497 e. The monoisotopic (exact) mass is 459 g/mol. The van der Waals surface area contributed by atoms with Crippen molar-refractivity contribution >= 4 is 33.9 Å². The van der Waals surface area contributed by atoms with E-state index < -0.39 is 17.5 Å². The molecular weight excluding hydrogens is 438 g/mol. The first kappa shape index (κ1) is 21.3. The van der Waals surface area contributed by atoms with Crippen LogP contribution < -0.4 is 15.4 Å². The fourth-order valence-electron chi connectivity index (χ4n) is 3.95. The standard InChI is InChI=1S/C23H21N7O4/c1-13(2)30-12-26-18-17(24-11-25-19(18)30)6-7-23(21(32)27-22(33)28-23)10-29-9-14-4-5-15(34-3)8-16(14)20(29)31/h4-5,8-9,11-13,31H,10H2,1-3H3,(H2,27,28,32,33)/t23-/m1/s1. The van der Waals surface area contributed by atoms with Crippen molar-refractivity contribution < 1.29 is 19.4 Å². The molecule has 172 valence electrons. The van der Waals surface area contributed by atoms with Gasteiger partial charge in [0.2, 0.25) is 5.54 Å². The van der Waals surface area contributed by atoms with Crippen LogP contribution in [0.5, 0.6) is 11.6 Å². The predicted molar refractivity (Wildman–Crippen MR) is 122 cm³/mol. The van der Waals surface area contributed by atoms with Gasteiger partial charge in [0.15, 0.2) is 11.5 Å². The Kier molecular flexibility index (Phi) is 4.86. The summed E-state index contributed by atoms with van der Waals surface area (Å²) in [4.78, 5) is 37.8. The smallest absolute Gasteiger partial charge is 0.323 e. The molecule has 3 N–H and O–H groups in total. The van der Waals surface area contributed by atoms with E-state index in [9.17, 15) is 14.7 Å². The van der Waals surface area contributed by atoms with Crippen LogP contribution in [0, 0.1) is 11.8 Å². The second kappa shape index (κ2) is 7.77. The van der Waals surface area contributed by atoms with Crippen LogP contribution in [0.4, 0.5) is 4.79 Å². The average molecular weight is 459 g/mol. The molecule has 1 aromatic carbocycles. The van der Waals surface area contributed by atoms with Crippen LogP contribution in [0.3, 0.4) is 0 Å². The Balaban J connectivity index is 1.59. The molecule has 0 bridgehead atoms. The third-order valence-corrected chi connectivity index (χ3v) is 5.73. The van der Waals surface area contributed by atoms with Crippen LogP contribution in [-0.2, 0) is 11.3 Å². The number of hydrogen-bond acceptors (Lipinski definition) is 7. The number of hydrogen-bond donors (Lipinski definition) is 3. The van der Waals surface area contributed by atoms with E-state index in [-0.39, 0.29) is 18.5 Å². The molecule has 34 heavy (non-hydrogen) atoms. The minimum absolute atomic E-state index is 0.0795. The normalized spacial score (nSPS) is 17.6. The highest BCUT2D eigenvalue weighted by molar-refractivity contribution is 6.09. The van der Waals surface area contributed by atoms with Crippen molar-refractivity contribution in [2.24, 2.45) is 0 Å². The van der Waals surface area contributed by atoms with Gasteiger partial charge < -0.3 is 24.3 Å². The van der Waals surface area contributed by atoms with Gasteiger partial charge in [-0.1, -0.05) is 5.92 Å². The van der Waals surface area contributed by atoms with Gasteiger partial charge in [0.25, 0.3) is 5.91 Å². The van der Waals surface area contributed by atoms with Gasteiger partial charge in [0.1, 0.15) is 23.3 Å². The molecule has 3 aromatic heterocycles. The zero-order valence-electron chi connectivity index (χ0n) is 18.7. The van der Waals surface area contributed by atoms with Crippen molar-refractivity contribution in [3.05, 3.63) is 42.7 Å². The maximum absolute atomic E-state index is 12.9. The summed E-state index contributed by atoms with van der Waals surface area (Å²) in [6, 6.07) is 4.71. The number of carbonyl (C=O) groups is 2. The number of nitrogens with one attached hydrogen (secondary N) is 2. The summed E-state index contributed by atoms with van der Waals surface area (Å²) in [5.74, 6) is 5.65. The van der Waals surface area contributed by atoms with Gasteiger partial charge in [-0.3, -0.25) is 10.1 Å². The van der Waals surface area contributed by atoms with E-state index >= 15 is 0 Å². The molecule has 0 saturated carbocycles. The van der Waals surface area contributed by atoms with Crippen molar-refractivity contribution in [2.75, 3.05) is 7.11 Å². The predicted octanol–water partition coefficient (Wildman–Crippen LogP) is 1.71. The maximum atomic E-state index is 12.9. The fraction of sp³-hybridized carbons (Fsp3) is 0.261. The number of nitrogens with zero attached hydrogens (tertiary/aromatic N) is 5. The van der Waals surface area contributed by atoms with E-state index in [2.05, 4.69) is 37.4 Å². The molecule has 11 nitrogen and oxygen atoms in total. The van der Waals surface area contributed by atoms with Gasteiger partial charge in [-0.15, -0.1) is 0 Å². The Bertz CT molecular complexity index is 1520. The van der Waals surface area contributed by atoms with Crippen molar-refractivity contribution in [3.63, 3.8) is 0 Å². The summed E-state index contributed by atoms with van der Waals surface area (Å²) in [5.41, 5.74) is -0.202. The van der Waals surface area contributed by atoms with E-state index in [1.807, 2.05) is 18.4 Å². The molecule has 1 fully saturated rings. The molecule has 1 atom stereocenters. The number of rotatable bonds is 4. The number of imidazole rings is 1. The molecule has 3 amide bonds. The molecule has 4 aromatic rings. The molecule has 0 radical (unpaired) electrons. The lowest BCUT2D eigenvalue weighted by molar-refractivity contribution is -0.122. The highest BCUT2D eigenvalue weighted by Crippen LogP contribution is 2.32. The molecule has 0 unspecified atom stereocenters. The first-order valence-corrected chi connectivity index (χ1v) is 10.5. The minimum atomic E-state index is -1.63. The average Bonchev–Trinajstić information content (AvgIpc) is 3.46. The van der Waals surface area contributed by atoms with E-state index in [4.69, 9.17) is 4.74 Å². The fourth-order valence-corrected chi connectivity index (χ4v) is 3.95. The van der Waals surface area contributed by atoms with Crippen molar-refractivity contribution in [1.82, 2.24) is 34.7 Å². The Labute approximate surface area is 193 Å². The Morgan fingerprint density at radius 1 is 1.24 bits per heavy atom. The van der Waals surface area contributed by atoms with E-state index in [1.165, 1.54) is 18.0 Å². The number of ether oxygens (including phenoxy) is 1. The number of aromatic nitrogens is 5. The van der Waals surface area contributed by atoms with Crippen LogP contribution in [0.1, 0.15) is 25.6 Å². The van der Waals surface area contributed by atoms with Crippen LogP contribution in [0.25, 0.3) is 21.9 Å². The largest absolute Gasteiger partial charge is 0.497 e. The summed E-state index contributed by atoms with van der Waals surface area (Å²) in [6.45, 7) is 3.88. The second-order valence-electron chi connectivity index (χ2n) is 8.24. The zero-order valence-corrected chi connectivity index (χ0v) is 18.7. The molecular formula is C23H21N7O4. The van der Waals surface area contributed by atoms with Gasteiger partial charge in [-0.05, 0) is 38.0 Å². The number of fused-ring (bicyclic) bond motifs is 2. The van der Waals surface area contributed by atoms with Gasteiger partial charge in [-0.2, -0.15) is 0 Å². The summed E-state index contributed by atoms with van der Waals surface area (Å²) in [6.07, 6.45) is 4.72. The quantitative estimate of drug-likeness (QED) is 0.312. The third-order valence-electron chi connectivity index (χ3n) is 5.73. The number of urea groups is 1.